The van der Waals surface area contributed by atoms with E-state index in [0.29, 0.717) is 0 Å². The highest BCUT2D eigenvalue weighted by molar-refractivity contribution is 7.86. The molecule has 0 saturated heterocycles. The minimum Gasteiger partial charge on any atom is -0.398 e. The Morgan fingerprint density at radius 3 is 2.27 bits per heavy atom. The molecule has 0 aliphatic rings. The SMILES string of the molecule is CC(=O)c1ccc(N)c(S(=O)(=O)O)c1N. The van der Waals surface area contributed by atoms with Gasteiger partial charge in [-0.2, -0.15) is 8.42 Å². The maximum atomic E-state index is 11.1. The number of anilines is 2. The van der Waals surface area contributed by atoms with E-state index in [-0.39, 0.29) is 16.9 Å². The summed E-state index contributed by atoms with van der Waals surface area (Å²) in [5, 5.41) is 0. The zero-order valence-electron chi connectivity index (χ0n) is 7.89. The van der Waals surface area contributed by atoms with E-state index < -0.39 is 20.8 Å². The van der Waals surface area contributed by atoms with Crippen LogP contribution in [0.1, 0.15) is 17.3 Å². The van der Waals surface area contributed by atoms with Gasteiger partial charge in [0.25, 0.3) is 10.1 Å². The van der Waals surface area contributed by atoms with Crippen molar-refractivity contribution in [2.45, 2.75) is 11.8 Å². The van der Waals surface area contributed by atoms with Gasteiger partial charge in [0.05, 0.1) is 11.4 Å². The predicted molar refractivity (Wildman–Crippen MR) is 55.1 cm³/mol. The summed E-state index contributed by atoms with van der Waals surface area (Å²) in [5.74, 6) is -0.405. The van der Waals surface area contributed by atoms with Gasteiger partial charge >= 0.3 is 0 Å². The average Bonchev–Trinajstić information content (AvgIpc) is 2.00. The molecule has 6 nitrogen and oxygen atoms in total. The molecule has 82 valence electrons. The van der Waals surface area contributed by atoms with Crippen molar-refractivity contribution in [1.29, 1.82) is 0 Å². The van der Waals surface area contributed by atoms with Crippen LogP contribution in [0.2, 0.25) is 0 Å². The number of carbonyl (C=O) groups is 1. The Hall–Kier alpha value is -1.60. The van der Waals surface area contributed by atoms with Crippen molar-refractivity contribution in [2.75, 3.05) is 11.5 Å². The summed E-state index contributed by atoms with van der Waals surface area (Å²) < 4.78 is 30.7. The molecule has 0 saturated carbocycles. The molecule has 0 radical (unpaired) electrons. The zero-order valence-corrected chi connectivity index (χ0v) is 8.71. The molecule has 1 aromatic rings. The third-order valence-corrected chi connectivity index (χ3v) is 2.84. The van der Waals surface area contributed by atoms with E-state index in [2.05, 4.69) is 0 Å². The first-order valence-corrected chi connectivity index (χ1v) is 5.35. The van der Waals surface area contributed by atoms with E-state index in [4.69, 9.17) is 16.0 Å². The normalized spacial score (nSPS) is 11.3. The van der Waals surface area contributed by atoms with Crippen molar-refractivity contribution in [2.24, 2.45) is 0 Å². The van der Waals surface area contributed by atoms with Crippen LogP contribution < -0.4 is 11.5 Å². The van der Waals surface area contributed by atoms with Gasteiger partial charge in [0.15, 0.2) is 5.78 Å². The van der Waals surface area contributed by atoms with Crippen molar-refractivity contribution in [1.82, 2.24) is 0 Å². The number of ketones is 1. The molecule has 5 N–H and O–H groups in total. The molecule has 1 rings (SSSR count). The van der Waals surface area contributed by atoms with Crippen molar-refractivity contribution >= 4 is 27.3 Å². The smallest absolute Gasteiger partial charge is 0.298 e. The molecular formula is C8H10N2O4S. The molecule has 1 aromatic carbocycles. The number of carbonyl (C=O) groups excluding carboxylic acids is 1. The van der Waals surface area contributed by atoms with Gasteiger partial charge in [-0.1, -0.05) is 0 Å². The van der Waals surface area contributed by atoms with Crippen LogP contribution in [0.25, 0.3) is 0 Å². The van der Waals surface area contributed by atoms with Crippen molar-refractivity contribution in [3.63, 3.8) is 0 Å². The molecule has 0 aromatic heterocycles. The summed E-state index contributed by atoms with van der Waals surface area (Å²) >= 11 is 0. The molecule has 0 atom stereocenters. The largest absolute Gasteiger partial charge is 0.398 e. The highest BCUT2D eigenvalue weighted by Gasteiger charge is 2.21. The van der Waals surface area contributed by atoms with Crippen LogP contribution in [0.4, 0.5) is 11.4 Å². The highest BCUT2D eigenvalue weighted by atomic mass is 32.2. The second-order valence-corrected chi connectivity index (χ2v) is 4.33. The fraction of sp³-hybridized carbons (Fsp3) is 0.125. The first-order valence-electron chi connectivity index (χ1n) is 3.91. The number of nitrogen functional groups attached to an aromatic ring is 2. The molecule has 0 amide bonds. The monoisotopic (exact) mass is 230 g/mol. The lowest BCUT2D eigenvalue weighted by Crippen LogP contribution is -2.11. The highest BCUT2D eigenvalue weighted by Crippen LogP contribution is 2.28. The number of Topliss-reactive ketones (excluding diaryl/α,β-unsaturated/α-hetero) is 1. The number of hydrogen-bond acceptors (Lipinski definition) is 5. The van der Waals surface area contributed by atoms with Gasteiger partial charge < -0.3 is 11.5 Å². The van der Waals surface area contributed by atoms with Crippen molar-refractivity contribution < 1.29 is 17.8 Å². The molecule has 0 aliphatic heterocycles. The fourth-order valence-electron chi connectivity index (χ4n) is 1.21. The molecule has 0 spiro atoms. The number of rotatable bonds is 2. The first-order chi connectivity index (χ1) is 6.75. The molecule has 0 heterocycles. The van der Waals surface area contributed by atoms with Gasteiger partial charge in [0.2, 0.25) is 0 Å². The van der Waals surface area contributed by atoms with Crippen LogP contribution in [0.5, 0.6) is 0 Å². The average molecular weight is 230 g/mol. The minimum atomic E-state index is -4.52. The Morgan fingerprint density at radius 1 is 1.33 bits per heavy atom. The fourth-order valence-corrected chi connectivity index (χ4v) is 1.97. The lowest BCUT2D eigenvalue weighted by molar-refractivity contribution is 0.101. The van der Waals surface area contributed by atoms with E-state index in [1.54, 1.807) is 0 Å². The van der Waals surface area contributed by atoms with Gasteiger partial charge in [-0.15, -0.1) is 0 Å². The van der Waals surface area contributed by atoms with Gasteiger partial charge in [0.1, 0.15) is 4.90 Å². The molecule has 0 bridgehead atoms. The van der Waals surface area contributed by atoms with Gasteiger partial charge in [-0.05, 0) is 19.1 Å². The third kappa shape index (κ3) is 2.08. The minimum absolute atomic E-state index is 0.0109. The Morgan fingerprint density at radius 2 is 1.87 bits per heavy atom. The number of nitrogens with two attached hydrogens (primary N) is 2. The van der Waals surface area contributed by atoms with Gasteiger partial charge in [0, 0.05) is 5.56 Å². The predicted octanol–water partition coefficient (Wildman–Crippen LogP) is 0.300. The van der Waals surface area contributed by atoms with Gasteiger partial charge in [-0.25, -0.2) is 0 Å². The molecular weight excluding hydrogens is 220 g/mol. The zero-order chi connectivity index (χ0) is 11.8. The van der Waals surface area contributed by atoms with E-state index in [9.17, 15) is 13.2 Å². The maximum Gasteiger partial charge on any atom is 0.298 e. The van der Waals surface area contributed by atoms with Crippen LogP contribution >= 0.6 is 0 Å². The van der Waals surface area contributed by atoms with Crippen LogP contribution in [-0.2, 0) is 10.1 Å². The Kier molecular flexibility index (Phi) is 2.69. The summed E-state index contributed by atoms with van der Waals surface area (Å²) in [6.45, 7) is 1.23. The summed E-state index contributed by atoms with van der Waals surface area (Å²) in [6.07, 6.45) is 0. The topological polar surface area (TPSA) is 123 Å². The Balaban J connectivity index is 3.66. The lowest BCUT2D eigenvalue weighted by Gasteiger charge is -2.09. The summed E-state index contributed by atoms with van der Waals surface area (Å²) in [4.78, 5) is 10.4. The van der Waals surface area contributed by atoms with Crippen molar-refractivity contribution in [3.8, 4) is 0 Å². The molecule has 0 aliphatic carbocycles. The van der Waals surface area contributed by atoms with E-state index in [1.165, 1.54) is 19.1 Å². The first kappa shape index (κ1) is 11.5. The molecule has 0 fully saturated rings. The Labute approximate surface area is 86.6 Å². The van der Waals surface area contributed by atoms with Crippen LogP contribution in [0.15, 0.2) is 17.0 Å². The third-order valence-electron chi connectivity index (χ3n) is 1.86. The quantitative estimate of drug-likeness (QED) is 0.381. The van der Waals surface area contributed by atoms with E-state index >= 15 is 0 Å². The van der Waals surface area contributed by atoms with Crippen LogP contribution in [0, 0.1) is 0 Å². The molecule has 15 heavy (non-hydrogen) atoms. The summed E-state index contributed by atoms with van der Waals surface area (Å²) in [6, 6.07) is 2.51. The van der Waals surface area contributed by atoms with E-state index in [1.807, 2.05) is 0 Å². The second kappa shape index (κ2) is 3.52. The number of benzene rings is 1. The maximum absolute atomic E-state index is 11.1. The standard InChI is InChI=1S/C8H10N2O4S/c1-4(11)5-2-3-6(9)8(7(5)10)15(12,13)14/h2-3H,9-10H2,1H3,(H,12,13,14). The lowest BCUT2D eigenvalue weighted by atomic mass is 10.1. The van der Waals surface area contributed by atoms with Gasteiger partial charge in [-0.3, -0.25) is 9.35 Å². The van der Waals surface area contributed by atoms with Crippen LogP contribution in [0.3, 0.4) is 0 Å². The number of hydrogen-bond donors (Lipinski definition) is 3. The summed E-state index contributed by atoms with van der Waals surface area (Å²) in [5.41, 5.74) is 10.3. The van der Waals surface area contributed by atoms with Crippen LogP contribution in [-0.4, -0.2) is 18.8 Å². The summed E-state index contributed by atoms with van der Waals surface area (Å²) in [7, 11) is -4.52. The molecule has 7 heteroatoms. The second-order valence-electron chi connectivity index (χ2n) is 2.98. The Bertz CT molecular complexity index is 522. The molecule has 0 unspecified atom stereocenters. The van der Waals surface area contributed by atoms with Crippen molar-refractivity contribution in [3.05, 3.63) is 17.7 Å². The van der Waals surface area contributed by atoms with E-state index in [0.717, 1.165) is 0 Å².